The molecule has 1 atom stereocenters. The Kier molecular flexibility index (Phi) is 3.75. The molecule has 0 spiro atoms. The molecule has 2 aromatic heterocycles. The fraction of sp³-hybridized carbons (Fsp3) is 0.292. The SMILES string of the molecule is CC1(C)Cc2nc(Cc3ccc(O)cc3)c3[nH]c4ccccc4c3c2C(O)C1. The number of fused-ring (bicyclic) bond motifs is 5. The van der Waals surface area contributed by atoms with E-state index in [1.54, 1.807) is 12.1 Å². The Morgan fingerprint density at radius 1 is 1.11 bits per heavy atom. The van der Waals surface area contributed by atoms with Crippen molar-refractivity contribution in [3.05, 3.63) is 71.0 Å². The lowest BCUT2D eigenvalue weighted by molar-refractivity contribution is 0.0997. The lowest BCUT2D eigenvalue weighted by Crippen LogP contribution is -2.27. The van der Waals surface area contributed by atoms with E-state index in [1.165, 1.54) is 0 Å². The Bertz CT molecular complexity index is 1190. The minimum Gasteiger partial charge on any atom is -0.508 e. The van der Waals surface area contributed by atoms with Gasteiger partial charge in [0.25, 0.3) is 0 Å². The molecule has 0 fully saturated rings. The summed E-state index contributed by atoms with van der Waals surface area (Å²) in [7, 11) is 0. The van der Waals surface area contributed by atoms with Crippen LogP contribution in [-0.4, -0.2) is 20.2 Å². The van der Waals surface area contributed by atoms with Crippen molar-refractivity contribution in [1.29, 1.82) is 0 Å². The highest BCUT2D eigenvalue weighted by Gasteiger charge is 2.35. The van der Waals surface area contributed by atoms with E-state index in [-0.39, 0.29) is 11.2 Å². The van der Waals surface area contributed by atoms with Crippen molar-refractivity contribution in [1.82, 2.24) is 9.97 Å². The second-order valence-corrected chi connectivity index (χ2v) is 8.74. The monoisotopic (exact) mass is 372 g/mol. The molecule has 0 amide bonds. The largest absolute Gasteiger partial charge is 0.508 e. The number of nitrogens with one attached hydrogen (secondary N) is 1. The van der Waals surface area contributed by atoms with Crippen molar-refractivity contribution in [2.24, 2.45) is 5.41 Å². The maximum atomic E-state index is 11.0. The van der Waals surface area contributed by atoms with E-state index in [1.807, 2.05) is 24.3 Å². The number of hydrogen-bond donors (Lipinski definition) is 3. The van der Waals surface area contributed by atoms with Gasteiger partial charge in [0.2, 0.25) is 0 Å². The number of aromatic hydroxyl groups is 1. The number of rotatable bonds is 2. The van der Waals surface area contributed by atoms with Crippen molar-refractivity contribution >= 4 is 21.8 Å². The van der Waals surface area contributed by atoms with Crippen LogP contribution in [-0.2, 0) is 12.8 Å². The maximum Gasteiger partial charge on any atom is 0.115 e. The number of nitrogens with zero attached hydrogens (tertiary/aromatic N) is 1. The number of para-hydroxylation sites is 1. The van der Waals surface area contributed by atoms with Gasteiger partial charge >= 0.3 is 0 Å². The molecule has 0 aliphatic heterocycles. The van der Waals surface area contributed by atoms with E-state index in [0.717, 1.165) is 57.2 Å². The number of aromatic amines is 1. The lowest BCUT2D eigenvalue weighted by Gasteiger charge is -2.34. The molecule has 1 aliphatic rings. The number of phenols is 1. The first-order valence-corrected chi connectivity index (χ1v) is 9.79. The van der Waals surface area contributed by atoms with Gasteiger partial charge in [-0.2, -0.15) is 0 Å². The van der Waals surface area contributed by atoms with Crippen LogP contribution in [0.5, 0.6) is 5.75 Å². The number of pyridine rings is 1. The molecule has 0 saturated carbocycles. The molecule has 142 valence electrons. The van der Waals surface area contributed by atoms with Crippen molar-refractivity contribution in [3.8, 4) is 5.75 Å². The molecule has 0 saturated heterocycles. The molecular weight excluding hydrogens is 348 g/mol. The van der Waals surface area contributed by atoms with E-state index < -0.39 is 6.10 Å². The molecule has 28 heavy (non-hydrogen) atoms. The summed E-state index contributed by atoms with van der Waals surface area (Å²) in [5, 5.41) is 22.8. The Balaban J connectivity index is 1.78. The van der Waals surface area contributed by atoms with Gasteiger partial charge in [-0.15, -0.1) is 0 Å². The highest BCUT2D eigenvalue weighted by molar-refractivity contribution is 6.10. The van der Waals surface area contributed by atoms with Gasteiger partial charge in [0.1, 0.15) is 5.75 Å². The predicted molar refractivity (Wildman–Crippen MR) is 112 cm³/mol. The van der Waals surface area contributed by atoms with Crippen LogP contribution in [0, 0.1) is 5.41 Å². The topological polar surface area (TPSA) is 69.1 Å². The molecule has 4 heteroatoms. The predicted octanol–water partition coefficient (Wildman–Crippen LogP) is 5.02. The van der Waals surface area contributed by atoms with Gasteiger partial charge in [-0.05, 0) is 42.0 Å². The van der Waals surface area contributed by atoms with E-state index in [2.05, 4.69) is 31.0 Å². The van der Waals surface area contributed by atoms with E-state index in [0.29, 0.717) is 6.42 Å². The van der Waals surface area contributed by atoms with E-state index in [9.17, 15) is 10.2 Å². The van der Waals surface area contributed by atoms with Crippen molar-refractivity contribution in [2.75, 3.05) is 0 Å². The molecule has 1 aliphatic carbocycles. The zero-order chi connectivity index (χ0) is 19.5. The summed E-state index contributed by atoms with van der Waals surface area (Å²) in [5.41, 5.74) is 6.18. The molecule has 4 nitrogen and oxygen atoms in total. The summed E-state index contributed by atoms with van der Waals surface area (Å²) in [5.74, 6) is 0.266. The minimum atomic E-state index is -0.504. The number of benzene rings is 2. The molecule has 1 unspecified atom stereocenters. The van der Waals surface area contributed by atoms with Crippen LogP contribution in [0.1, 0.15) is 48.9 Å². The van der Waals surface area contributed by atoms with Crippen molar-refractivity contribution in [2.45, 2.75) is 39.2 Å². The van der Waals surface area contributed by atoms with Crippen LogP contribution in [0.25, 0.3) is 21.8 Å². The highest BCUT2D eigenvalue weighted by Crippen LogP contribution is 2.45. The van der Waals surface area contributed by atoms with Crippen LogP contribution >= 0.6 is 0 Å². The summed E-state index contributed by atoms with van der Waals surface area (Å²) < 4.78 is 0. The quantitative estimate of drug-likeness (QED) is 0.463. The van der Waals surface area contributed by atoms with Crippen molar-refractivity contribution in [3.63, 3.8) is 0 Å². The molecule has 5 rings (SSSR count). The van der Waals surface area contributed by atoms with Gasteiger partial charge < -0.3 is 15.2 Å². The molecule has 0 bridgehead atoms. The summed E-state index contributed by atoms with van der Waals surface area (Å²) in [4.78, 5) is 8.59. The molecule has 2 aromatic carbocycles. The smallest absolute Gasteiger partial charge is 0.115 e. The van der Waals surface area contributed by atoms with Crippen molar-refractivity contribution < 1.29 is 10.2 Å². The Morgan fingerprint density at radius 2 is 1.86 bits per heavy atom. The normalized spacial score (nSPS) is 18.5. The molecule has 0 radical (unpaired) electrons. The average molecular weight is 372 g/mol. The van der Waals surface area contributed by atoms with Crippen LogP contribution in [0.2, 0.25) is 0 Å². The fourth-order valence-corrected chi connectivity index (χ4v) is 4.64. The summed E-state index contributed by atoms with van der Waals surface area (Å²) in [6.07, 6.45) is 1.77. The number of aromatic nitrogens is 2. The van der Waals surface area contributed by atoms with Gasteiger partial charge in [-0.3, -0.25) is 4.98 Å². The highest BCUT2D eigenvalue weighted by atomic mass is 16.3. The van der Waals surface area contributed by atoms with Crippen LogP contribution < -0.4 is 0 Å². The third-order valence-electron chi connectivity index (χ3n) is 5.88. The minimum absolute atomic E-state index is 0.0228. The van der Waals surface area contributed by atoms with Crippen LogP contribution in [0.4, 0.5) is 0 Å². The number of aliphatic hydroxyl groups excluding tert-OH is 1. The van der Waals surface area contributed by atoms with Gasteiger partial charge in [0, 0.05) is 34.0 Å². The average Bonchev–Trinajstić information content (AvgIpc) is 3.02. The second kappa shape index (κ2) is 6.08. The number of hydrogen-bond acceptors (Lipinski definition) is 3. The Labute approximate surface area is 163 Å². The third-order valence-corrected chi connectivity index (χ3v) is 5.88. The summed E-state index contributed by atoms with van der Waals surface area (Å²) in [6, 6.07) is 15.5. The van der Waals surface area contributed by atoms with Gasteiger partial charge in [-0.1, -0.05) is 44.2 Å². The first kappa shape index (κ1) is 17.3. The second-order valence-electron chi connectivity index (χ2n) is 8.74. The zero-order valence-electron chi connectivity index (χ0n) is 16.2. The van der Waals surface area contributed by atoms with Crippen LogP contribution in [0.3, 0.4) is 0 Å². The van der Waals surface area contributed by atoms with E-state index in [4.69, 9.17) is 4.98 Å². The number of H-pyrrole nitrogens is 1. The molecule has 2 heterocycles. The molecule has 4 aromatic rings. The zero-order valence-corrected chi connectivity index (χ0v) is 16.2. The Morgan fingerprint density at radius 3 is 2.64 bits per heavy atom. The lowest BCUT2D eigenvalue weighted by atomic mass is 9.74. The number of aliphatic hydroxyl groups is 1. The van der Waals surface area contributed by atoms with Crippen LogP contribution in [0.15, 0.2) is 48.5 Å². The van der Waals surface area contributed by atoms with Gasteiger partial charge in [-0.25, -0.2) is 0 Å². The van der Waals surface area contributed by atoms with Gasteiger partial charge in [0.05, 0.1) is 17.3 Å². The first-order chi connectivity index (χ1) is 13.4. The fourth-order valence-electron chi connectivity index (χ4n) is 4.64. The molecule has 3 N–H and O–H groups in total. The molecular formula is C24H24N2O2. The maximum absolute atomic E-state index is 11.0. The Hall–Kier alpha value is -2.85. The van der Waals surface area contributed by atoms with E-state index >= 15 is 0 Å². The summed E-state index contributed by atoms with van der Waals surface area (Å²) >= 11 is 0. The summed E-state index contributed by atoms with van der Waals surface area (Å²) in [6.45, 7) is 4.39. The standard InChI is InChI=1S/C24H24N2O2/c1-24(2)12-19-22(20(28)13-24)21-16-5-3-4-6-17(16)26-23(21)18(25-19)11-14-7-9-15(27)10-8-14/h3-10,20,26-28H,11-13H2,1-2H3. The number of phenolic OH excluding ortho intramolecular Hbond substituents is 1. The first-order valence-electron chi connectivity index (χ1n) is 9.79. The van der Waals surface area contributed by atoms with Gasteiger partial charge in [0.15, 0.2) is 0 Å². The third kappa shape index (κ3) is 2.76.